The smallest absolute Gasteiger partial charge is 0.372 e. The number of carboxylic acid groups (broad SMARTS) is 1. The van der Waals surface area contributed by atoms with Crippen molar-refractivity contribution in [3.63, 3.8) is 0 Å². The summed E-state index contributed by atoms with van der Waals surface area (Å²) >= 11 is 4.53. The summed E-state index contributed by atoms with van der Waals surface area (Å²) in [6, 6.07) is 12.7. The lowest BCUT2D eigenvalue weighted by atomic mass is 10.0. The molecule has 0 aliphatic heterocycles. The van der Waals surface area contributed by atoms with E-state index in [1.54, 1.807) is 24.4 Å². The van der Waals surface area contributed by atoms with Crippen LogP contribution in [0.15, 0.2) is 53.1 Å². The van der Waals surface area contributed by atoms with Crippen LogP contribution >= 0.6 is 12.6 Å². The minimum Gasteiger partial charge on any atom is -0.475 e. The van der Waals surface area contributed by atoms with Gasteiger partial charge in [0.1, 0.15) is 5.58 Å². The molecule has 100 valence electrons. The zero-order valence-electron chi connectivity index (χ0n) is 10.4. The molecule has 1 N–H and O–H groups in total. The number of benzene rings is 1. The van der Waals surface area contributed by atoms with Crippen molar-refractivity contribution >= 4 is 29.6 Å². The lowest BCUT2D eigenvalue weighted by Gasteiger charge is -2.09. The Kier molecular flexibility index (Phi) is 3.20. The molecule has 0 saturated heterocycles. The number of rotatable bonds is 3. The van der Waals surface area contributed by atoms with Gasteiger partial charge in [0, 0.05) is 17.1 Å². The molecule has 0 fully saturated rings. The molecule has 2 aromatic heterocycles. The molecule has 0 bridgehead atoms. The Morgan fingerprint density at radius 1 is 1.20 bits per heavy atom. The van der Waals surface area contributed by atoms with Gasteiger partial charge in [-0.3, -0.25) is 4.98 Å². The van der Waals surface area contributed by atoms with Gasteiger partial charge >= 0.3 is 5.97 Å². The second-order valence-electron chi connectivity index (χ2n) is 4.30. The van der Waals surface area contributed by atoms with Crippen LogP contribution in [0.3, 0.4) is 0 Å². The van der Waals surface area contributed by atoms with Crippen molar-refractivity contribution < 1.29 is 14.3 Å². The Balaban J connectivity index is 2.24. The number of aromatic carboxylic acids is 1. The fourth-order valence-electron chi connectivity index (χ4n) is 2.18. The summed E-state index contributed by atoms with van der Waals surface area (Å²) in [5.74, 6) is -1.19. The summed E-state index contributed by atoms with van der Waals surface area (Å²) in [5.41, 5.74) is 1.76. The van der Waals surface area contributed by atoms with E-state index in [9.17, 15) is 9.90 Å². The number of thiol groups is 1. The van der Waals surface area contributed by atoms with Crippen molar-refractivity contribution in [1.29, 1.82) is 0 Å². The highest BCUT2D eigenvalue weighted by Gasteiger charge is 2.26. The van der Waals surface area contributed by atoms with Gasteiger partial charge in [-0.05, 0) is 18.2 Å². The first-order valence-corrected chi connectivity index (χ1v) is 6.54. The summed E-state index contributed by atoms with van der Waals surface area (Å²) < 4.78 is 5.43. The van der Waals surface area contributed by atoms with Gasteiger partial charge < -0.3 is 9.52 Å². The molecule has 2 heterocycles. The molecule has 0 spiro atoms. The van der Waals surface area contributed by atoms with Crippen molar-refractivity contribution in [1.82, 2.24) is 4.98 Å². The van der Waals surface area contributed by atoms with Gasteiger partial charge in [-0.25, -0.2) is 4.79 Å². The zero-order valence-corrected chi connectivity index (χ0v) is 11.2. The summed E-state index contributed by atoms with van der Waals surface area (Å²) in [5, 5.41) is 9.61. The first kappa shape index (κ1) is 12.7. The maximum Gasteiger partial charge on any atom is 0.372 e. The molecule has 0 radical (unpaired) electrons. The average molecular weight is 285 g/mol. The van der Waals surface area contributed by atoms with E-state index in [0.29, 0.717) is 16.8 Å². The Bertz CT molecular complexity index is 767. The maximum atomic E-state index is 11.4. The van der Waals surface area contributed by atoms with Gasteiger partial charge in [-0.1, -0.05) is 24.3 Å². The van der Waals surface area contributed by atoms with Crippen LogP contribution in [-0.2, 0) is 0 Å². The molecule has 0 aliphatic carbocycles. The summed E-state index contributed by atoms with van der Waals surface area (Å²) in [6.07, 6.45) is 1.65. The molecule has 1 unspecified atom stereocenters. The van der Waals surface area contributed by atoms with Crippen molar-refractivity contribution in [3.8, 4) is 0 Å². The average Bonchev–Trinajstić information content (AvgIpc) is 2.87. The Labute approximate surface area is 120 Å². The number of carboxylic acids is 1. The van der Waals surface area contributed by atoms with E-state index in [-0.39, 0.29) is 5.76 Å². The third-order valence-electron chi connectivity index (χ3n) is 3.07. The van der Waals surface area contributed by atoms with Crippen molar-refractivity contribution in [3.05, 3.63) is 65.7 Å². The van der Waals surface area contributed by atoms with Crippen LogP contribution in [0.4, 0.5) is 0 Å². The lowest BCUT2D eigenvalue weighted by molar-refractivity contribution is 0.0663. The molecule has 1 aromatic carbocycles. The van der Waals surface area contributed by atoms with Crippen LogP contribution in [-0.4, -0.2) is 16.1 Å². The van der Waals surface area contributed by atoms with Crippen molar-refractivity contribution in [2.75, 3.05) is 0 Å². The fraction of sp³-hybridized carbons (Fsp3) is 0.0667. The largest absolute Gasteiger partial charge is 0.475 e. The van der Waals surface area contributed by atoms with Crippen molar-refractivity contribution in [2.45, 2.75) is 5.25 Å². The number of hydrogen-bond acceptors (Lipinski definition) is 4. The maximum absolute atomic E-state index is 11.4. The van der Waals surface area contributed by atoms with Crippen LogP contribution < -0.4 is 0 Å². The van der Waals surface area contributed by atoms with E-state index in [4.69, 9.17) is 4.42 Å². The standard InChI is InChI=1S/C15H11NO3S/c17-15(18)13-12(9-5-1-2-7-11(9)19-13)14(20)10-6-3-4-8-16-10/h1-8,14,20H,(H,17,18). The minimum atomic E-state index is -1.11. The highest BCUT2D eigenvalue weighted by Crippen LogP contribution is 2.37. The number of aromatic nitrogens is 1. The van der Waals surface area contributed by atoms with Gasteiger partial charge in [0.25, 0.3) is 0 Å². The number of furan rings is 1. The summed E-state index contributed by atoms with van der Waals surface area (Å²) in [4.78, 5) is 15.6. The zero-order chi connectivity index (χ0) is 14.1. The predicted molar refractivity (Wildman–Crippen MR) is 78.2 cm³/mol. The van der Waals surface area contributed by atoms with Crippen LogP contribution in [0.1, 0.15) is 27.1 Å². The highest BCUT2D eigenvalue weighted by atomic mass is 32.1. The lowest BCUT2D eigenvalue weighted by Crippen LogP contribution is -2.03. The van der Waals surface area contributed by atoms with E-state index in [1.165, 1.54) is 0 Å². The van der Waals surface area contributed by atoms with Gasteiger partial charge in [-0.15, -0.1) is 0 Å². The van der Waals surface area contributed by atoms with E-state index in [0.717, 1.165) is 5.39 Å². The SMILES string of the molecule is O=C(O)c1oc2ccccc2c1C(S)c1ccccn1. The third-order valence-corrected chi connectivity index (χ3v) is 3.59. The third kappa shape index (κ3) is 2.06. The molecule has 0 amide bonds. The molecule has 3 rings (SSSR count). The van der Waals surface area contributed by atoms with Crippen molar-refractivity contribution in [2.24, 2.45) is 0 Å². The molecule has 4 nitrogen and oxygen atoms in total. The van der Waals surface area contributed by atoms with E-state index >= 15 is 0 Å². The van der Waals surface area contributed by atoms with Crippen LogP contribution in [0.25, 0.3) is 11.0 Å². The first-order chi connectivity index (χ1) is 9.68. The van der Waals surface area contributed by atoms with Crippen LogP contribution in [0.2, 0.25) is 0 Å². The molecule has 0 saturated carbocycles. The molecular weight excluding hydrogens is 274 g/mol. The number of pyridine rings is 1. The van der Waals surface area contributed by atoms with E-state index in [1.807, 2.05) is 24.3 Å². The van der Waals surface area contributed by atoms with Gasteiger partial charge in [0.15, 0.2) is 0 Å². The quantitative estimate of drug-likeness (QED) is 0.722. The van der Waals surface area contributed by atoms with Gasteiger partial charge in [0.05, 0.1) is 10.9 Å². The van der Waals surface area contributed by atoms with Crippen LogP contribution in [0, 0.1) is 0 Å². The molecular formula is C15H11NO3S. The number of fused-ring (bicyclic) bond motifs is 1. The second-order valence-corrected chi connectivity index (χ2v) is 4.82. The fourth-order valence-corrected chi connectivity index (χ4v) is 2.59. The Morgan fingerprint density at radius 2 is 1.95 bits per heavy atom. The Hall–Kier alpha value is -2.27. The first-order valence-electron chi connectivity index (χ1n) is 6.02. The Morgan fingerprint density at radius 3 is 2.65 bits per heavy atom. The van der Waals surface area contributed by atoms with E-state index < -0.39 is 11.2 Å². The van der Waals surface area contributed by atoms with Gasteiger partial charge in [-0.2, -0.15) is 12.6 Å². The molecule has 5 heteroatoms. The molecule has 3 aromatic rings. The predicted octanol–water partition coefficient (Wildman–Crippen LogP) is 3.55. The normalized spacial score (nSPS) is 12.4. The number of para-hydroxylation sites is 1. The van der Waals surface area contributed by atoms with E-state index in [2.05, 4.69) is 17.6 Å². The second kappa shape index (κ2) is 5.02. The molecule has 20 heavy (non-hydrogen) atoms. The molecule has 1 atom stereocenters. The summed E-state index contributed by atoms with van der Waals surface area (Å²) in [7, 11) is 0. The summed E-state index contributed by atoms with van der Waals surface area (Å²) in [6.45, 7) is 0. The minimum absolute atomic E-state index is 0.0862. The number of hydrogen-bond donors (Lipinski definition) is 2. The topological polar surface area (TPSA) is 63.3 Å². The molecule has 0 aliphatic rings. The number of carbonyl (C=O) groups is 1. The highest BCUT2D eigenvalue weighted by molar-refractivity contribution is 7.80. The monoisotopic (exact) mass is 285 g/mol. The van der Waals surface area contributed by atoms with Crippen LogP contribution in [0.5, 0.6) is 0 Å². The number of nitrogens with zero attached hydrogens (tertiary/aromatic N) is 1. The van der Waals surface area contributed by atoms with Gasteiger partial charge in [0.2, 0.25) is 5.76 Å².